The van der Waals surface area contributed by atoms with Crippen molar-refractivity contribution in [2.24, 2.45) is 0 Å². The normalized spacial score (nSPS) is 22.2. The SMILES string of the molecule is CNc1nnc(-c2ccccc2O)cc1N1CCN(C2CCN(C3CCN(C)CC3)CC2)CC1. The molecule has 34 heavy (non-hydrogen) atoms. The summed E-state index contributed by atoms with van der Waals surface area (Å²) in [5.74, 6) is 1.02. The fourth-order valence-corrected chi connectivity index (χ4v) is 5.93. The fraction of sp³-hybridized carbons (Fsp3) is 0.615. The highest BCUT2D eigenvalue weighted by Crippen LogP contribution is 2.33. The van der Waals surface area contributed by atoms with E-state index in [1.54, 1.807) is 6.07 Å². The third kappa shape index (κ3) is 4.99. The molecular formula is C26H39N7O. The molecule has 0 bridgehead atoms. The summed E-state index contributed by atoms with van der Waals surface area (Å²) in [5.41, 5.74) is 2.48. The number of piperazine rings is 1. The molecule has 0 atom stereocenters. The largest absolute Gasteiger partial charge is 0.507 e. The van der Waals surface area contributed by atoms with E-state index in [9.17, 15) is 5.11 Å². The number of phenols is 1. The van der Waals surface area contributed by atoms with Gasteiger partial charge in [0.15, 0.2) is 5.82 Å². The molecule has 0 amide bonds. The minimum Gasteiger partial charge on any atom is -0.507 e. The van der Waals surface area contributed by atoms with Crippen LogP contribution in [0.1, 0.15) is 25.7 Å². The second-order valence-electron chi connectivity index (χ2n) is 10.1. The van der Waals surface area contributed by atoms with Gasteiger partial charge in [0.05, 0.1) is 11.4 Å². The number of rotatable bonds is 5. The Hall–Kier alpha value is -2.42. The van der Waals surface area contributed by atoms with Crippen LogP contribution in [0.4, 0.5) is 11.5 Å². The van der Waals surface area contributed by atoms with Crippen LogP contribution in [-0.2, 0) is 0 Å². The summed E-state index contributed by atoms with van der Waals surface area (Å²) in [6.45, 7) is 9.12. The minimum atomic E-state index is 0.233. The van der Waals surface area contributed by atoms with Crippen molar-refractivity contribution in [2.45, 2.75) is 37.8 Å². The van der Waals surface area contributed by atoms with Crippen LogP contribution in [0.2, 0.25) is 0 Å². The molecule has 0 unspecified atom stereocenters. The summed E-state index contributed by atoms with van der Waals surface area (Å²) < 4.78 is 0. The van der Waals surface area contributed by atoms with Crippen molar-refractivity contribution in [3.05, 3.63) is 30.3 Å². The first-order chi connectivity index (χ1) is 16.6. The van der Waals surface area contributed by atoms with Crippen LogP contribution in [0.15, 0.2) is 30.3 Å². The predicted octanol–water partition coefficient (Wildman–Crippen LogP) is 2.57. The zero-order valence-electron chi connectivity index (χ0n) is 20.7. The topological polar surface area (TPSA) is 71.0 Å². The van der Waals surface area contributed by atoms with E-state index in [4.69, 9.17) is 0 Å². The van der Waals surface area contributed by atoms with E-state index in [2.05, 4.69) is 48.2 Å². The van der Waals surface area contributed by atoms with Crippen molar-refractivity contribution in [1.82, 2.24) is 24.9 Å². The highest BCUT2D eigenvalue weighted by Gasteiger charge is 2.31. The number of hydrogen-bond donors (Lipinski definition) is 2. The number of piperidine rings is 2. The first-order valence-corrected chi connectivity index (χ1v) is 12.9. The lowest BCUT2D eigenvalue weighted by atomic mass is 9.97. The Balaban J connectivity index is 1.19. The van der Waals surface area contributed by atoms with E-state index in [0.29, 0.717) is 17.3 Å². The van der Waals surface area contributed by atoms with Crippen LogP contribution in [0.5, 0.6) is 5.75 Å². The zero-order valence-corrected chi connectivity index (χ0v) is 20.7. The minimum absolute atomic E-state index is 0.233. The van der Waals surface area contributed by atoms with E-state index in [-0.39, 0.29) is 5.75 Å². The van der Waals surface area contributed by atoms with Gasteiger partial charge in [0, 0.05) is 50.9 Å². The van der Waals surface area contributed by atoms with Crippen molar-refractivity contribution in [2.75, 3.05) is 76.7 Å². The van der Waals surface area contributed by atoms with Crippen molar-refractivity contribution >= 4 is 11.5 Å². The molecule has 3 aliphatic heterocycles. The van der Waals surface area contributed by atoms with E-state index in [1.165, 1.54) is 51.9 Å². The Morgan fingerprint density at radius 2 is 1.44 bits per heavy atom. The molecule has 0 aliphatic carbocycles. The number of likely N-dealkylation sites (tertiary alicyclic amines) is 2. The van der Waals surface area contributed by atoms with Gasteiger partial charge in [-0.1, -0.05) is 12.1 Å². The molecule has 8 nitrogen and oxygen atoms in total. The molecule has 8 heteroatoms. The summed E-state index contributed by atoms with van der Waals surface area (Å²) in [6.07, 6.45) is 5.25. The van der Waals surface area contributed by atoms with Crippen molar-refractivity contribution in [1.29, 1.82) is 0 Å². The molecule has 184 valence electrons. The van der Waals surface area contributed by atoms with Crippen LogP contribution in [0.25, 0.3) is 11.3 Å². The van der Waals surface area contributed by atoms with Gasteiger partial charge < -0.3 is 25.1 Å². The summed E-state index contributed by atoms with van der Waals surface area (Å²) in [4.78, 5) is 10.3. The highest BCUT2D eigenvalue weighted by atomic mass is 16.3. The van der Waals surface area contributed by atoms with Gasteiger partial charge in [0.1, 0.15) is 5.75 Å². The molecule has 2 aromatic rings. The Kier molecular flexibility index (Phi) is 7.18. The highest BCUT2D eigenvalue weighted by molar-refractivity contribution is 5.75. The van der Waals surface area contributed by atoms with E-state index >= 15 is 0 Å². The fourth-order valence-electron chi connectivity index (χ4n) is 5.93. The Morgan fingerprint density at radius 3 is 2.09 bits per heavy atom. The average molecular weight is 466 g/mol. The third-order valence-corrected chi connectivity index (χ3v) is 8.07. The van der Waals surface area contributed by atoms with Crippen LogP contribution in [-0.4, -0.2) is 109 Å². The van der Waals surface area contributed by atoms with Gasteiger partial charge in [-0.15, -0.1) is 10.2 Å². The van der Waals surface area contributed by atoms with Crippen LogP contribution in [0.3, 0.4) is 0 Å². The number of aromatic hydroxyl groups is 1. The molecule has 0 spiro atoms. The van der Waals surface area contributed by atoms with Gasteiger partial charge in [-0.05, 0) is 77.1 Å². The van der Waals surface area contributed by atoms with Crippen LogP contribution < -0.4 is 10.2 Å². The maximum atomic E-state index is 10.3. The number of aromatic nitrogens is 2. The number of para-hydroxylation sites is 1. The van der Waals surface area contributed by atoms with Gasteiger partial charge in [-0.3, -0.25) is 4.90 Å². The van der Waals surface area contributed by atoms with Crippen LogP contribution in [0, 0.1) is 0 Å². The first kappa shape index (κ1) is 23.3. The summed E-state index contributed by atoms with van der Waals surface area (Å²) in [6, 6.07) is 10.9. The van der Waals surface area contributed by atoms with Crippen molar-refractivity contribution in [3.8, 4) is 17.0 Å². The van der Waals surface area contributed by atoms with E-state index in [0.717, 1.165) is 43.7 Å². The van der Waals surface area contributed by atoms with Gasteiger partial charge in [-0.2, -0.15) is 0 Å². The number of nitrogens with one attached hydrogen (secondary N) is 1. The van der Waals surface area contributed by atoms with Gasteiger partial charge in [0.2, 0.25) is 0 Å². The summed E-state index contributed by atoms with van der Waals surface area (Å²) in [7, 11) is 4.14. The van der Waals surface area contributed by atoms with E-state index < -0.39 is 0 Å². The average Bonchev–Trinajstić information content (AvgIpc) is 2.89. The second-order valence-corrected chi connectivity index (χ2v) is 10.1. The molecule has 0 radical (unpaired) electrons. The molecule has 1 aromatic carbocycles. The monoisotopic (exact) mass is 465 g/mol. The molecule has 4 heterocycles. The molecule has 5 rings (SSSR count). The molecular weight excluding hydrogens is 426 g/mol. The lowest BCUT2D eigenvalue weighted by molar-refractivity contribution is 0.0571. The predicted molar refractivity (Wildman–Crippen MR) is 138 cm³/mol. The molecule has 3 aliphatic rings. The van der Waals surface area contributed by atoms with Crippen LogP contribution >= 0.6 is 0 Å². The Bertz CT molecular complexity index is 946. The maximum absolute atomic E-state index is 10.3. The number of nitrogens with zero attached hydrogens (tertiary/aromatic N) is 6. The maximum Gasteiger partial charge on any atom is 0.172 e. The molecule has 0 saturated carbocycles. The Morgan fingerprint density at radius 1 is 0.824 bits per heavy atom. The van der Waals surface area contributed by atoms with Crippen molar-refractivity contribution in [3.63, 3.8) is 0 Å². The second kappa shape index (κ2) is 10.5. The Labute approximate surface area is 203 Å². The quantitative estimate of drug-likeness (QED) is 0.698. The number of benzene rings is 1. The van der Waals surface area contributed by atoms with Gasteiger partial charge in [-0.25, -0.2) is 0 Å². The third-order valence-electron chi connectivity index (χ3n) is 8.07. The summed E-state index contributed by atoms with van der Waals surface area (Å²) >= 11 is 0. The first-order valence-electron chi connectivity index (χ1n) is 12.9. The number of hydrogen-bond acceptors (Lipinski definition) is 8. The lowest BCUT2D eigenvalue weighted by Crippen LogP contribution is -2.55. The van der Waals surface area contributed by atoms with Crippen molar-refractivity contribution < 1.29 is 5.11 Å². The molecule has 3 saturated heterocycles. The smallest absolute Gasteiger partial charge is 0.172 e. The number of anilines is 2. The zero-order chi connectivity index (χ0) is 23.5. The molecule has 3 fully saturated rings. The standard InChI is InChI=1S/C26H39N7O/c1-27-26-24(19-23(28-29-26)22-5-3-4-6-25(22)34)33-17-15-32(16-18-33)21-9-13-31(14-10-21)20-7-11-30(2)12-8-20/h3-6,19-21,34H,7-18H2,1-2H3,(H,27,29). The molecule has 2 N–H and O–H groups in total. The molecule has 1 aromatic heterocycles. The lowest BCUT2D eigenvalue weighted by Gasteiger charge is -2.46. The van der Waals surface area contributed by atoms with Gasteiger partial charge in [0.25, 0.3) is 0 Å². The van der Waals surface area contributed by atoms with Gasteiger partial charge >= 0.3 is 0 Å². The number of phenolic OH excluding ortho intramolecular Hbond substituents is 1. The van der Waals surface area contributed by atoms with E-state index in [1.807, 2.05) is 25.2 Å². The summed E-state index contributed by atoms with van der Waals surface area (Å²) in [5, 5.41) is 22.3.